The maximum absolute atomic E-state index is 12.3. The summed E-state index contributed by atoms with van der Waals surface area (Å²) in [6.07, 6.45) is 13.9. The molecule has 9 rings (SSSR count). The van der Waals surface area contributed by atoms with Gasteiger partial charge in [-0.05, 0) is 101 Å². The minimum Gasteiger partial charge on any atom is -0.388 e. The highest BCUT2D eigenvalue weighted by molar-refractivity contribution is 6.19. The number of aliphatic hydroxyl groups is 1. The molecule has 2 unspecified atom stereocenters. The first kappa shape index (κ1) is 21.0. The van der Waals surface area contributed by atoms with Gasteiger partial charge in [0.25, 0.3) is 0 Å². The van der Waals surface area contributed by atoms with Crippen LogP contribution in [0.5, 0.6) is 0 Å². The number of carbonyl (C=O) groups is 1. The van der Waals surface area contributed by atoms with Crippen molar-refractivity contribution in [3.8, 4) is 0 Å². The molecule has 182 valence electrons. The van der Waals surface area contributed by atoms with Crippen molar-refractivity contribution in [3.63, 3.8) is 0 Å². The van der Waals surface area contributed by atoms with Crippen LogP contribution in [0.4, 0.5) is 0 Å². The number of hydrogen-bond acceptors (Lipinski definition) is 2. The Labute approximate surface area is 220 Å². The molecule has 0 radical (unpaired) electrons. The van der Waals surface area contributed by atoms with E-state index in [2.05, 4.69) is 80.6 Å². The number of allylic oxidation sites excluding steroid dienone is 7. The SMILES string of the molecule is CC1(C)C2=C3C(=CCc4cccc(c43)CC2O)c2c1ccc1c2=CC2C=CC3=CC(=O)C=c4ccc=1c2c43. The van der Waals surface area contributed by atoms with Crippen molar-refractivity contribution >= 4 is 34.7 Å². The summed E-state index contributed by atoms with van der Waals surface area (Å²) >= 11 is 0. The normalized spacial score (nSPS) is 23.7. The molecule has 0 aromatic heterocycles. The van der Waals surface area contributed by atoms with Gasteiger partial charge in [0.1, 0.15) is 0 Å². The number of carbonyl (C=O) groups excluding carboxylic acids is 1. The Bertz CT molecular complexity index is 2080. The molecule has 6 aliphatic rings. The van der Waals surface area contributed by atoms with Gasteiger partial charge in [0.2, 0.25) is 0 Å². The zero-order valence-electron chi connectivity index (χ0n) is 21.4. The molecule has 0 amide bonds. The lowest BCUT2D eigenvalue weighted by Crippen LogP contribution is -2.40. The van der Waals surface area contributed by atoms with E-state index in [0.29, 0.717) is 6.42 Å². The fourth-order valence-electron chi connectivity index (χ4n) is 8.29. The molecule has 38 heavy (non-hydrogen) atoms. The third kappa shape index (κ3) is 2.36. The predicted molar refractivity (Wildman–Crippen MR) is 151 cm³/mol. The first-order valence-electron chi connectivity index (χ1n) is 13.6. The van der Waals surface area contributed by atoms with Crippen molar-refractivity contribution in [2.45, 2.75) is 44.1 Å². The van der Waals surface area contributed by atoms with Crippen LogP contribution in [-0.2, 0) is 23.1 Å². The van der Waals surface area contributed by atoms with Gasteiger partial charge in [0, 0.05) is 17.8 Å². The summed E-state index contributed by atoms with van der Waals surface area (Å²) in [5, 5.41) is 16.4. The molecule has 0 fully saturated rings. The molecule has 0 aliphatic heterocycles. The van der Waals surface area contributed by atoms with E-state index < -0.39 is 6.10 Å². The Hall–Kier alpha value is -4.01. The second kappa shape index (κ2) is 6.70. The molecule has 0 spiro atoms. The molecule has 6 aliphatic carbocycles. The zero-order chi connectivity index (χ0) is 25.5. The van der Waals surface area contributed by atoms with Crippen LogP contribution in [0.15, 0.2) is 72.3 Å². The van der Waals surface area contributed by atoms with Gasteiger partial charge in [-0.25, -0.2) is 0 Å². The van der Waals surface area contributed by atoms with Crippen molar-refractivity contribution in [1.29, 1.82) is 0 Å². The molecule has 2 nitrogen and oxygen atoms in total. The fraction of sp³-hybridized carbons (Fsp3) is 0.194. The molecule has 0 saturated carbocycles. The van der Waals surface area contributed by atoms with Gasteiger partial charge in [-0.1, -0.05) is 80.6 Å². The second-order valence-corrected chi connectivity index (χ2v) is 12.0. The van der Waals surface area contributed by atoms with Crippen LogP contribution >= 0.6 is 0 Å². The van der Waals surface area contributed by atoms with E-state index in [0.717, 1.165) is 17.2 Å². The van der Waals surface area contributed by atoms with E-state index in [9.17, 15) is 9.90 Å². The number of rotatable bonds is 0. The Morgan fingerprint density at radius 1 is 0.921 bits per heavy atom. The molecule has 0 saturated heterocycles. The molecular weight excluding hydrogens is 464 g/mol. The number of aliphatic hydroxyl groups excluding tert-OH is 1. The van der Waals surface area contributed by atoms with E-state index in [1.807, 2.05) is 0 Å². The molecule has 2 heteroatoms. The van der Waals surface area contributed by atoms with Gasteiger partial charge in [0.05, 0.1) is 6.10 Å². The maximum Gasteiger partial charge on any atom is 0.179 e. The highest BCUT2D eigenvalue weighted by Crippen LogP contribution is 2.55. The van der Waals surface area contributed by atoms with Crippen molar-refractivity contribution in [2.24, 2.45) is 0 Å². The van der Waals surface area contributed by atoms with Crippen LogP contribution in [0.3, 0.4) is 0 Å². The minimum atomic E-state index is -0.477. The molecule has 3 aromatic carbocycles. The van der Waals surface area contributed by atoms with Crippen LogP contribution < -0.4 is 10.4 Å². The standard InChI is InChI=1S/C36H26O2/c1-36(2)28-13-12-24-25-10-9-21-15-23(37)14-20-6-7-22(32(25)31(20)21)16-27(24)33(28)26-11-8-18-4-3-5-19-17-29(38)35(36)34(26)30(18)19/h3-7,9-16,22,29,38H,8,17H2,1-2H3. The van der Waals surface area contributed by atoms with E-state index in [4.69, 9.17) is 0 Å². The molecule has 2 atom stereocenters. The lowest BCUT2D eigenvalue weighted by molar-refractivity contribution is -0.109. The Kier molecular flexibility index (Phi) is 3.70. The number of hydrogen-bond donors (Lipinski definition) is 1. The maximum atomic E-state index is 12.3. The highest BCUT2D eigenvalue weighted by Gasteiger charge is 2.45. The lowest BCUT2D eigenvalue weighted by atomic mass is 9.59. The Morgan fingerprint density at radius 2 is 1.76 bits per heavy atom. The third-order valence-corrected chi connectivity index (χ3v) is 9.77. The second-order valence-electron chi connectivity index (χ2n) is 12.0. The first-order chi connectivity index (χ1) is 18.4. The first-order valence-corrected chi connectivity index (χ1v) is 13.6. The van der Waals surface area contributed by atoms with Crippen LogP contribution in [0.2, 0.25) is 0 Å². The largest absolute Gasteiger partial charge is 0.388 e. The Morgan fingerprint density at radius 3 is 2.66 bits per heavy atom. The minimum absolute atomic E-state index is 0.0645. The highest BCUT2D eigenvalue weighted by atomic mass is 16.3. The molecule has 0 bridgehead atoms. The van der Waals surface area contributed by atoms with E-state index in [-0.39, 0.29) is 17.1 Å². The monoisotopic (exact) mass is 490 g/mol. The number of fused-ring (bicyclic) bond motifs is 4. The molecule has 3 aromatic rings. The molecular formula is C36H26O2. The summed E-state index contributed by atoms with van der Waals surface area (Å²) in [7, 11) is 0. The average molecular weight is 491 g/mol. The summed E-state index contributed by atoms with van der Waals surface area (Å²) in [5.41, 5.74) is 13.7. The summed E-state index contributed by atoms with van der Waals surface area (Å²) < 4.78 is 0. The van der Waals surface area contributed by atoms with Crippen LogP contribution in [0.25, 0.3) is 28.9 Å². The van der Waals surface area contributed by atoms with E-state index >= 15 is 0 Å². The summed E-state index contributed by atoms with van der Waals surface area (Å²) in [6, 6.07) is 15.5. The van der Waals surface area contributed by atoms with Crippen molar-refractivity contribution < 1.29 is 9.90 Å². The smallest absolute Gasteiger partial charge is 0.179 e. The van der Waals surface area contributed by atoms with Crippen molar-refractivity contribution in [2.75, 3.05) is 0 Å². The Balaban J connectivity index is 1.44. The fourth-order valence-corrected chi connectivity index (χ4v) is 8.29. The zero-order valence-corrected chi connectivity index (χ0v) is 21.4. The average Bonchev–Trinajstić information content (AvgIpc) is 2.90. The summed E-state index contributed by atoms with van der Waals surface area (Å²) in [5.74, 6) is 0.231. The van der Waals surface area contributed by atoms with Crippen molar-refractivity contribution in [3.05, 3.63) is 132 Å². The van der Waals surface area contributed by atoms with Gasteiger partial charge in [-0.2, -0.15) is 0 Å². The third-order valence-electron chi connectivity index (χ3n) is 9.77. The lowest BCUT2D eigenvalue weighted by Gasteiger charge is -2.45. The van der Waals surface area contributed by atoms with Gasteiger partial charge in [-0.15, -0.1) is 0 Å². The van der Waals surface area contributed by atoms with Gasteiger partial charge >= 0.3 is 0 Å². The summed E-state index contributed by atoms with van der Waals surface area (Å²) in [4.78, 5) is 12.3. The number of benzene rings is 3. The van der Waals surface area contributed by atoms with Crippen LogP contribution in [0.1, 0.15) is 58.7 Å². The topological polar surface area (TPSA) is 37.3 Å². The van der Waals surface area contributed by atoms with E-state index in [1.165, 1.54) is 71.3 Å². The molecule has 0 heterocycles. The van der Waals surface area contributed by atoms with Gasteiger partial charge in [0.15, 0.2) is 5.78 Å². The number of ketones is 1. The molecule has 1 N–H and O–H groups in total. The summed E-state index contributed by atoms with van der Waals surface area (Å²) in [6.45, 7) is 4.58. The van der Waals surface area contributed by atoms with Crippen LogP contribution in [0, 0.1) is 10.4 Å². The van der Waals surface area contributed by atoms with Gasteiger partial charge in [-0.3, -0.25) is 4.79 Å². The predicted octanol–water partition coefficient (Wildman–Crippen LogP) is 4.77. The van der Waals surface area contributed by atoms with Crippen LogP contribution in [-0.4, -0.2) is 17.0 Å². The van der Waals surface area contributed by atoms with E-state index in [1.54, 1.807) is 12.2 Å². The quantitative estimate of drug-likeness (QED) is 0.493. The van der Waals surface area contributed by atoms with Crippen molar-refractivity contribution in [1.82, 2.24) is 0 Å². The van der Waals surface area contributed by atoms with Gasteiger partial charge < -0.3 is 5.11 Å².